The molecule has 0 aliphatic heterocycles. The van der Waals surface area contributed by atoms with E-state index in [9.17, 15) is 18.5 Å². The van der Waals surface area contributed by atoms with Crippen molar-refractivity contribution in [3.05, 3.63) is 41.1 Å². The minimum atomic E-state index is -4.03. The van der Waals surface area contributed by atoms with Crippen molar-refractivity contribution in [1.82, 2.24) is 14.7 Å². The largest absolute Gasteiger partial charge is 0.344 e. The van der Waals surface area contributed by atoms with Crippen LogP contribution in [0.3, 0.4) is 0 Å². The predicted octanol–water partition coefficient (Wildman–Crippen LogP) is 2.77. The van der Waals surface area contributed by atoms with Gasteiger partial charge in [0.25, 0.3) is 0 Å². The van der Waals surface area contributed by atoms with Crippen molar-refractivity contribution in [2.45, 2.75) is 44.0 Å². The fourth-order valence-corrected chi connectivity index (χ4v) is 4.67. The van der Waals surface area contributed by atoms with E-state index in [-0.39, 0.29) is 15.5 Å². The molecule has 1 amide bonds. The second-order valence-electron chi connectivity index (χ2n) is 5.78. The first-order chi connectivity index (χ1) is 12.3. The van der Waals surface area contributed by atoms with E-state index >= 15 is 0 Å². The van der Waals surface area contributed by atoms with Crippen LogP contribution >= 0.6 is 0 Å². The summed E-state index contributed by atoms with van der Waals surface area (Å²) in [6, 6.07) is 6.62. The molecule has 2 aromatic rings. The van der Waals surface area contributed by atoms with Crippen molar-refractivity contribution in [3.63, 3.8) is 0 Å². The molecular formula is C18H22N4O3S. The molecule has 0 aliphatic rings. The Morgan fingerprint density at radius 3 is 2.46 bits per heavy atom. The average Bonchev–Trinajstić information content (AvgIpc) is 3.07. The highest BCUT2D eigenvalue weighted by atomic mass is 32.2. The van der Waals surface area contributed by atoms with Gasteiger partial charge in [-0.1, -0.05) is 25.1 Å². The molecule has 138 valence electrons. The standard InChI is InChI=1S/C18H22N4O3S/c1-5-14-10-8-9-13(4)16(14)26(24,25)17-15(11-19)12-22(20-17)18(23)21(6-2)7-3/h8-10,12H,5-7H2,1-4H3. The molecule has 1 heterocycles. The SMILES string of the molecule is CCc1cccc(C)c1S(=O)(=O)c1nn(C(=O)N(CC)CC)cc1C#N. The third-order valence-corrected chi connectivity index (χ3v) is 6.16. The molecule has 2 rings (SSSR count). The Morgan fingerprint density at radius 2 is 1.92 bits per heavy atom. The van der Waals surface area contributed by atoms with E-state index in [1.807, 2.05) is 26.8 Å². The van der Waals surface area contributed by atoms with Gasteiger partial charge in [-0.25, -0.2) is 13.2 Å². The monoisotopic (exact) mass is 374 g/mol. The van der Waals surface area contributed by atoms with E-state index in [2.05, 4.69) is 5.10 Å². The average molecular weight is 374 g/mol. The highest BCUT2D eigenvalue weighted by Crippen LogP contribution is 2.28. The molecule has 0 bridgehead atoms. The molecule has 0 atom stereocenters. The second kappa shape index (κ2) is 7.70. The van der Waals surface area contributed by atoms with E-state index in [0.717, 1.165) is 4.68 Å². The van der Waals surface area contributed by atoms with E-state index in [4.69, 9.17) is 0 Å². The van der Waals surface area contributed by atoms with Crippen molar-refractivity contribution in [1.29, 1.82) is 5.26 Å². The maximum atomic E-state index is 13.2. The lowest BCUT2D eigenvalue weighted by Crippen LogP contribution is -2.34. The number of nitriles is 1. The molecule has 0 saturated heterocycles. The van der Waals surface area contributed by atoms with Crippen molar-refractivity contribution in [2.24, 2.45) is 0 Å². The summed E-state index contributed by atoms with van der Waals surface area (Å²) in [7, 11) is -4.03. The molecule has 8 heteroatoms. The Hall–Kier alpha value is -2.66. The van der Waals surface area contributed by atoms with Crippen LogP contribution in [0.5, 0.6) is 0 Å². The van der Waals surface area contributed by atoms with E-state index in [1.165, 1.54) is 11.1 Å². The summed E-state index contributed by atoms with van der Waals surface area (Å²) in [5.41, 5.74) is 1.09. The Morgan fingerprint density at radius 1 is 1.27 bits per heavy atom. The lowest BCUT2D eigenvalue weighted by atomic mass is 10.1. The summed E-state index contributed by atoms with van der Waals surface area (Å²) in [5.74, 6) is 0. The van der Waals surface area contributed by atoms with Gasteiger partial charge in [-0.3, -0.25) is 0 Å². The molecule has 0 saturated carbocycles. The summed E-state index contributed by atoms with van der Waals surface area (Å²) in [5, 5.41) is 13.0. The van der Waals surface area contributed by atoms with Crippen LogP contribution in [0.2, 0.25) is 0 Å². The molecule has 1 aromatic carbocycles. The highest BCUT2D eigenvalue weighted by molar-refractivity contribution is 7.91. The number of carbonyl (C=O) groups excluding carboxylic acids is 1. The van der Waals surface area contributed by atoms with Crippen molar-refractivity contribution >= 4 is 15.9 Å². The van der Waals surface area contributed by atoms with Crippen molar-refractivity contribution in [3.8, 4) is 6.07 Å². The van der Waals surface area contributed by atoms with E-state index in [0.29, 0.717) is 30.6 Å². The fourth-order valence-electron chi connectivity index (χ4n) is 2.84. The van der Waals surface area contributed by atoms with Gasteiger partial charge < -0.3 is 4.90 Å². The molecule has 0 radical (unpaired) electrons. The van der Waals surface area contributed by atoms with E-state index in [1.54, 1.807) is 25.1 Å². The van der Waals surface area contributed by atoms with Gasteiger partial charge in [0.15, 0.2) is 5.03 Å². The number of amides is 1. The molecule has 1 aromatic heterocycles. The highest BCUT2D eigenvalue weighted by Gasteiger charge is 2.30. The van der Waals surface area contributed by atoms with Gasteiger partial charge in [-0.15, -0.1) is 0 Å². The molecule has 7 nitrogen and oxygen atoms in total. The lowest BCUT2D eigenvalue weighted by Gasteiger charge is -2.17. The Kier molecular flexibility index (Phi) is 5.83. The van der Waals surface area contributed by atoms with Crippen molar-refractivity contribution in [2.75, 3.05) is 13.1 Å². The van der Waals surface area contributed by atoms with Gasteiger partial charge in [0.2, 0.25) is 9.84 Å². The maximum Gasteiger partial charge on any atom is 0.344 e. The number of benzene rings is 1. The lowest BCUT2D eigenvalue weighted by molar-refractivity contribution is 0.201. The quantitative estimate of drug-likeness (QED) is 0.802. The number of hydrogen-bond donors (Lipinski definition) is 0. The molecule has 0 aliphatic carbocycles. The molecule has 0 unspecified atom stereocenters. The summed E-state index contributed by atoms with van der Waals surface area (Å²) in [4.78, 5) is 14.1. The van der Waals surface area contributed by atoms with Gasteiger partial charge >= 0.3 is 6.03 Å². The second-order valence-corrected chi connectivity index (χ2v) is 7.58. The predicted molar refractivity (Wildman–Crippen MR) is 96.7 cm³/mol. The summed E-state index contributed by atoms with van der Waals surface area (Å²) >= 11 is 0. The van der Waals surface area contributed by atoms with Crippen LogP contribution in [0.25, 0.3) is 0 Å². The summed E-state index contributed by atoms with van der Waals surface area (Å²) in [6.07, 6.45) is 1.70. The van der Waals surface area contributed by atoms with Gasteiger partial charge in [-0.05, 0) is 38.3 Å². The van der Waals surface area contributed by atoms with Crippen LogP contribution in [0.1, 0.15) is 37.5 Å². The maximum absolute atomic E-state index is 13.2. The Bertz CT molecular complexity index is 967. The number of hydrogen-bond acceptors (Lipinski definition) is 5. The number of carbonyl (C=O) groups is 1. The van der Waals surface area contributed by atoms with Crippen LogP contribution in [-0.4, -0.2) is 42.2 Å². The van der Waals surface area contributed by atoms with Crippen LogP contribution in [0.15, 0.2) is 34.3 Å². The number of rotatable bonds is 5. The number of aromatic nitrogens is 2. The van der Waals surface area contributed by atoms with Crippen LogP contribution < -0.4 is 0 Å². The molecule has 0 fully saturated rings. The number of sulfone groups is 1. The van der Waals surface area contributed by atoms with Crippen LogP contribution in [0.4, 0.5) is 4.79 Å². The Balaban J connectivity index is 2.66. The topological polar surface area (TPSA) is 96.1 Å². The zero-order chi connectivity index (χ0) is 19.5. The van der Waals surface area contributed by atoms with Crippen LogP contribution in [-0.2, 0) is 16.3 Å². The summed E-state index contributed by atoms with van der Waals surface area (Å²) < 4.78 is 27.3. The first-order valence-corrected chi connectivity index (χ1v) is 9.92. The van der Waals surface area contributed by atoms with Gasteiger partial charge in [0.1, 0.15) is 11.6 Å². The third kappa shape index (κ3) is 3.35. The van der Waals surface area contributed by atoms with E-state index < -0.39 is 15.9 Å². The van der Waals surface area contributed by atoms with Gasteiger partial charge in [-0.2, -0.15) is 15.0 Å². The molecule has 26 heavy (non-hydrogen) atoms. The Labute approximate surface area is 153 Å². The molecular weight excluding hydrogens is 352 g/mol. The first-order valence-electron chi connectivity index (χ1n) is 8.44. The first kappa shape index (κ1) is 19.7. The summed E-state index contributed by atoms with van der Waals surface area (Å²) in [6.45, 7) is 8.11. The van der Waals surface area contributed by atoms with Gasteiger partial charge in [0, 0.05) is 13.1 Å². The van der Waals surface area contributed by atoms with Gasteiger partial charge in [0.05, 0.1) is 11.1 Å². The minimum absolute atomic E-state index is 0.143. The smallest absolute Gasteiger partial charge is 0.323 e. The zero-order valence-corrected chi connectivity index (χ0v) is 16.2. The third-order valence-electron chi connectivity index (χ3n) is 4.23. The minimum Gasteiger partial charge on any atom is -0.323 e. The zero-order valence-electron chi connectivity index (χ0n) is 15.4. The molecule has 0 N–H and O–H groups in total. The fraction of sp³-hybridized carbons (Fsp3) is 0.389. The number of aryl methyl sites for hydroxylation is 2. The van der Waals surface area contributed by atoms with Crippen LogP contribution in [0, 0.1) is 18.3 Å². The normalized spacial score (nSPS) is 11.2. The number of nitrogens with zero attached hydrogens (tertiary/aromatic N) is 4. The van der Waals surface area contributed by atoms with Crippen molar-refractivity contribution < 1.29 is 13.2 Å². The molecule has 0 spiro atoms.